The van der Waals surface area contributed by atoms with Crippen molar-refractivity contribution in [3.05, 3.63) is 129 Å². The number of rotatable bonds is 7. The van der Waals surface area contributed by atoms with Crippen molar-refractivity contribution < 1.29 is 14.3 Å². The molecule has 0 bridgehead atoms. The van der Waals surface area contributed by atoms with Crippen LogP contribution in [0.3, 0.4) is 0 Å². The molecule has 0 spiro atoms. The Morgan fingerprint density at radius 3 is 2.55 bits per heavy atom. The third kappa shape index (κ3) is 5.87. The summed E-state index contributed by atoms with van der Waals surface area (Å²) in [6.07, 6.45) is 1.64. The summed E-state index contributed by atoms with van der Waals surface area (Å²) in [6, 6.07) is 18.5. The molecule has 2 heterocycles. The van der Waals surface area contributed by atoms with Crippen molar-refractivity contribution in [1.29, 1.82) is 5.26 Å². The molecule has 0 saturated carbocycles. The van der Waals surface area contributed by atoms with Crippen molar-refractivity contribution in [2.24, 2.45) is 4.99 Å². The second-order valence-corrected chi connectivity index (χ2v) is 11.5. The van der Waals surface area contributed by atoms with Gasteiger partial charge in [-0.1, -0.05) is 76.5 Å². The van der Waals surface area contributed by atoms with Crippen LogP contribution in [0.5, 0.6) is 5.75 Å². The first-order chi connectivity index (χ1) is 20.2. The van der Waals surface area contributed by atoms with Crippen molar-refractivity contribution in [2.45, 2.75) is 26.5 Å². The highest BCUT2D eigenvalue weighted by molar-refractivity contribution is 7.07. The zero-order valence-corrected chi connectivity index (χ0v) is 25.4. The highest BCUT2D eigenvalue weighted by Crippen LogP contribution is 2.35. The molecule has 4 aromatic rings. The first-order valence-electron chi connectivity index (χ1n) is 12.8. The van der Waals surface area contributed by atoms with E-state index in [2.05, 4.69) is 11.1 Å². The van der Waals surface area contributed by atoms with Gasteiger partial charge >= 0.3 is 5.97 Å². The molecular formula is C31H22Cl3N3O4S. The summed E-state index contributed by atoms with van der Waals surface area (Å²) in [5.74, 6) is -0.236. The summed E-state index contributed by atoms with van der Waals surface area (Å²) < 4.78 is 13.2. The van der Waals surface area contributed by atoms with E-state index >= 15 is 0 Å². The van der Waals surface area contributed by atoms with Crippen molar-refractivity contribution in [2.75, 3.05) is 6.61 Å². The Balaban J connectivity index is 1.64. The minimum atomic E-state index is -0.841. The molecular weight excluding hydrogens is 617 g/mol. The van der Waals surface area contributed by atoms with E-state index < -0.39 is 12.0 Å². The molecule has 0 amide bonds. The Hall–Kier alpha value is -3.87. The number of hydrogen-bond acceptors (Lipinski definition) is 7. The maximum atomic E-state index is 14.0. The third-order valence-corrected chi connectivity index (χ3v) is 8.33. The van der Waals surface area contributed by atoms with Gasteiger partial charge in [0.15, 0.2) is 4.80 Å². The molecule has 0 unspecified atom stereocenters. The van der Waals surface area contributed by atoms with Gasteiger partial charge in [0.25, 0.3) is 5.56 Å². The average molecular weight is 639 g/mol. The number of nitriles is 1. The standard InChI is InChI=1S/C31H22Cl3N3O4S/c1-3-40-30(39)26-17(2)36-31-37(27(26)22-6-4-5-7-23(22)33)29(38)25(42-31)13-20-12-21(32)14-24(34)28(20)41-16-19-10-8-18(15-35)9-11-19/h4-14,27H,3,16H2,1-2H3/b25-13-/t27-/m1/s1. The van der Waals surface area contributed by atoms with E-state index in [4.69, 9.17) is 49.5 Å². The van der Waals surface area contributed by atoms with E-state index in [1.165, 1.54) is 4.57 Å². The molecule has 0 radical (unpaired) electrons. The van der Waals surface area contributed by atoms with Crippen LogP contribution in [-0.4, -0.2) is 17.1 Å². The number of aromatic nitrogens is 1. The second-order valence-electron chi connectivity index (χ2n) is 9.23. The Kier molecular flexibility index (Phi) is 8.85. The number of thiazole rings is 1. The average Bonchev–Trinajstić information content (AvgIpc) is 3.26. The number of fused-ring (bicyclic) bond motifs is 1. The third-order valence-electron chi connectivity index (χ3n) is 6.51. The zero-order chi connectivity index (χ0) is 30.0. The van der Waals surface area contributed by atoms with E-state index in [9.17, 15) is 9.59 Å². The second kappa shape index (κ2) is 12.6. The Labute approximate surface area is 260 Å². The monoisotopic (exact) mass is 637 g/mol. The smallest absolute Gasteiger partial charge is 0.338 e. The molecule has 1 atom stereocenters. The Morgan fingerprint density at radius 1 is 1.12 bits per heavy atom. The van der Waals surface area contributed by atoms with Crippen molar-refractivity contribution in [3.8, 4) is 11.8 Å². The lowest BCUT2D eigenvalue weighted by Gasteiger charge is -2.25. The van der Waals surface area contributed by atoms with Crippen molar-refractivity contribution in [3.63, 3.8) is 0 Å². The maximum absolute atomic E-state index is 14.0. The number of halogens is 3. The highest BCUT2D eigenvalue weighted by Gasteiger charge is 2.34. The van der Waals surface area contributed by atoms with Gasteiger partial charge in [-0.2, -0.15) is 5.26 Å². The largest absolute Gasteiger partial charge is 0.487 e. The predicted octanol–water partition coefficient (Wildman–Crippen LogP) is 6.21. The number of ether oxygens (including phenoxy) is 2. The number of allylic oxidation sites excluding steroid dienone is 1. The zero-order valence-electron chi connectivity index (χ0n) is 22.4. The molecule has 11 heteroatoms. The summed E-state index contributed by atoms with van der Waals surface area (Å²) in [6.45, 7) is 3.75. The van der Waals surface area contributed by atoms with Gasteiger partial charge < -0.3 is 9.47 Å². The minimum absolute atomic E-state index is 0.163. The van der Waals surface area contributed by atoms with Crippen LogP contribution in [-0.2, 0) is 16.1 Å². The van der Waals surface area contributed by atoms with E-state index in [0.29, 0.717) is 47.5 Å². The SMILES string of the molecule is CCOC(=O)C1=C(C)N=c2s/c(=C\c3cc(Cl)cc(Cl)c3OCc3ccc(C#N)cc3)c(=O)n2[C@@H]1c1ccccc1Cl. The summed E-state index contributed by atoms with van der Waals surface area (Å²) in [5, 5.41) is 10.1. The fraction of sp³-hybridized carbons (Fsp3) is 0.161. The van der Waals surface area contributed by atoms with Gasteiger partial charge in [0, 0.05) is 15.6 Å². The van der Waals surface area contributed by atoms with E-state index in [0.717, 1.165) is 16.9 Å². The number of nitrogens with zero attached hydrogens (tertiary/aromatic N) is 3. The van der Waals surface area contributed by atoms with E-state index in [1.807, 2.05) is 0 Å². The first kappa shape index (κ1) is 29.6. The molecule has 0 N–H and O–H groups in total. The highest BCUT2D eigenvalue weighted by atomic mass is 35.5. The fourth-order valence-electron chi connectivity index (χ4n) is 4.59. The van der Waals surface area contributed by atoms with Crippen LogP contribution < -0.4 is 19.6 Å². The normalized spacial score (nSPS) is 14.7. The number of carbonyl (C=O) groups excluding carboxylic acids is 1. The van der Waals surface area contributed by atoms with Crippen LogP contribution in [0.1, 0.15) is 42.1 Å². The first-order valence-corrected chi connectivity index (χ1v) is 14.7. The molecule has 0 aliphatic carbocycles. The molecule has 5 rings (SSSR count). The lowest BCUT2D eigenvalue weighted by molar-refractivity contribution is -0.139. The fourth-order valence-corrected chi connectivity index (χ4v) is 6.43. The summed E-state index contributed by atoms with van der Waals surface area (Å²) in [7, 11) is 0. The van der Waals surface area contributed by atoms with Gasteiger partial charge in [0.1, 0.15) is 18.4 Å². The van der Waals surface area contributed by atoms with Crippen molar-refractivity contribution >= 4 is 58.2 Å². The van der Waals surface area contributed by atoms with Gasteiger partial charge in [-0.15, -0.1) is 0 Å². The summed E-state index contributed by atoms with van der Waals surface area (Å²) >= 11 is 20.6. The predicted molar refractivity (Wildman–Crippen MR) is 164 cm³/mol. The van der Waals surface area contributed by atoms with Gasteiger partial charge in [0.2, 0.25) is 0 Å². The summed E-state index contributed by atoms with van der Waals surface area (Å²) in [4.78, 5) is 32.1. The van der Waals surface area contributed by atoms with Gasteiger partial charge in [-0.3, -0.25) is 9.36 Å². The molecule has 212 valence electrons. The molecule has 1 aliphatic rings. The van der Waals surface area contributed by atoms with Crippen LogP contribution >= 0.6 is 46.1 Å². The van der Waals surface area contributed by atoms with E-state index in [1.54, 1.807) is 80.6 Å². The van der Waals surface area contributed by atoms with Gasteiger partial charge in [0.05, 0.1) is 39.1 Å². The van der Waals surface area contributed by atoms with Crippen LogP contribution in [0.2, 0.25) is 15.1 Å². The number of esters is 1. The minimum Gasteiger partial charge on any atom is -0.487 e. The molecule has 1 aliphatic heterocycles. The summed E-state index contributed by atoms with van der Waals surface area (Å²) in [5.41, 5.74) is 2.71. The van der Waals surface area contributed by atoms with Crippen LogP contribution in [0.4, 0.5) is 0 Å². The Bertz CT molecular complexity index is 1960. The number of benzene rings is 3. The maximum Gasteiger partial charge on any atom is 0.338 e. The van der Waals surface area contributed by atoms with E-state index in [-0.39, 0.29) is 29.4 Å². The lowest BCUT2D eigenvalue weighted by atomic mass is 9.96. The molecule has 42 heavy (non-hydrogen) atoms. The van der Waals surface area contributed by atoms with Crippen molar-refractivity contribution in [1.82, 2.24) is 4.57 Å². The number of carbonyl (C=O) groups is 1. The molecule has 0 saturated heterocycles. The number of hydrogen-bond donors (Lipinski definition) is 0. The van der Waals surface area contributed by atoms with Crippen LogP contribution in [0.25, 0.3) is 6.08 Å². The lowest BCUT2D eigenvalue weighted by Crippen LogP contribution is -2.40. The van der Waals surface area contributed by atoms with Gasteiger partial charge in [-0.25, -0.2) is 9.79 Å². The quantitative estimate of drug-likeness (QED) is 0.225. The molecule has 0 fully saturated rings. The Morgan fingerprint density at radius 2 is 1.86 bits per heavy atom. The molecule has 1 aromatic heterocycles. The molecule has 3 aromatic carbocycles. The molecule has 7 nitrogen and oxygen atoms in total. The van der Waals surface area contributed by atoms with Gasteiger partial charge in [-0.05, 0) is 61.4 Å². The topological polar surface area (TPSA) is 93.7 Å². The van der Waals surface area contributed by atoms with Crippen LogP contribution in [0.15, 0.2) is 81.7 Å². The van der Waals surface area contributed by atoms with Crippen LogP contribution in [0, 0.1) is 11.3 Å².